The van der Waals surface area contributed by atoms with Crippen LogP contribution in [-0.4, -0.2) is 21.5 Å². The minimum atomic E-state index is 0.0237. The zero-order valence-electron chi connectivity index (χ0n) is 17.1. The van der Waals surface area contributed by atoms with Crippen LogP contribution >= 0.6 is 11.6 Å². The Bertz CT molecular complexity index is 1170. The Labute approximate surface area is 180 Å². The van der Waals surface area contributed by atoms with Gasteiger partial charge in [0.1, 0.15) is 0 Å². The van der Waals surface area contributed by atoms with Crippen LogP contribution in [0.4, 0.5) is 5.69 Å². The fourth-order valence-corrected chi connectivity index (χ4v) is 4.67. The number of carbonyl (C=O) groups excluding carboxylic acids is 1. The number of nitriles is 1. The van der Waals surface area contributed by atoms with Crippen molar-refractivity contribution in [2.24, 2.45) is 0 Å². The van der Waals surface area contributed by atoms with Gasteiger partial charge in [-0.3, -0.25) is 9.78 Å². The highest BCUT2D eigenvalue weighted by Crippen LogP contribution is 2.41. The number of benzene rings is 1. The third-order valence-corrected chi connectivity index (χ3v) is 6.42. The first kappa shape index (κ1) is 20.2. The monoisotopic (exact) mass is 421 g/mol. The van der Waals surface area contributed by atoms with Gasteiger partial charge in [0.25, 0.3) is 0 Å². The Morgan fingerprint density at radius 2 is 2.00 bits per heavy atom. The summed E-state index contributed by atoms with van der Waals surface area (Å²) >= 11 is 6.52. The summed E-state index contributed by atoms with van der Waals surface area (Å²) in [6.07, 6.45) is 9.18. The van der Waals surface area contributed by atoms with Crippen molar-refractivity contribution in [2.45, 2.75) is 51.6 Å². The van der Waals surface area contributed by atoms with Crippen molar-refractivity contribution in [3.63, 3.8) is 0 Å². The molecule has 2 aromatic heterocycles. The molecule has 30 heavy (non-hydrogen) atoms. The molecule has 3 N–H and O–H groups in total. The smallest absolute Gasteiger partial charge is 0.217 e. The van der Waals surface area contributed by atoms with Gasteiger partial charge in [-0.25, -0.2) is 0 Å². The van der Waals surface area contributed by atoms with E-state index in [-0.39, 0.29) is 11.9 Å². The van der Waals surface area contributed by atoms with Crippen LogP contribution in [0.2, 0.25) is 5.02 Å². The number of hydrogen-bond donors (Lipinski definition) is 2. The first-order valence-electron chi connectivity index (χ1n) is 10.1. The second-order valence-electron chi connectivity index (χ2n) is 8.04. The van der Waals surface area contributed by atoms with E-state index in [1.54, 1.807) is 19.3 Å². The maximum absolute atomic E-state index is 11.4. The highest BCUT2D eigenvalue weighted by atomic mass is 35.5. The summed E-state index contributed by atoms with van der Waals surface area (Å²) in [6, 6.07) is 6.83. The number of anilines is 1. The minimum Gasteiger partial charge on any atom is -0.396 e. The number of halogens is 1. The van der Waals surface area contributed by atoms with E-state index in [9.17, 15) is 10.1 Å². The number of aromatic nitrogens is 2. The zero-order valence-corrected chi connectivity index (χ0v) is 17.8. The molecule has 0 unspecified atom stereocenters. The van der Waals surface area contributed by atoms with Crippen molar-refractivity contribution in [1.29, 1.82) is 5.26 Å². The second kappa shape index (κ2) is 8.00. The van der Waals surface area contributed by atoms with E-state index in [4.69, 9.17) is 17.3 Å². The summed E-state index contributed by atoms with van der Waals surface area (Å²) < 4.78 is 2.29. The molecule has 0 spiro atoms. The molecule has 1 saturated carbocycles. The van der Waals surface area contributed by atoms with E-state index in [2.05, 4.69) is 33.2 Å². The Morgan fingerprint density at radius 3 is 2.67 bits per heavy atom. The Balaban J connectivity index is 1.81. The summed E-state index contributed by atoms with van der Waals surface area (Å²) in [6.45, 7) is 3.52. The van der Waals surface area contributed by atoms with Crippen LogP contribution in [0, 0.1) is 18.3 Å². The number of nitrogens with one attached hydrogen (secondary N) is 1. The number of hydrogen-bond acceptors (Lipinski definition) is 4. The standard InChI is InChI=1S/C23H24ClN5O/c1-13-7-22-18(8-15(13)9-25)20(19-10-27-11-21(26)23(19)24)12-29(22)17-5-3-16(4-6-17)28-14(2)30/h7-8,10-12,16-17H,3-6,26H2,1-2H3,(H,28,30). The van der Waals surface area contributed by atoms with Gasteiger partial charge in [0.2, 0.25) is 5.91 Å². The van der Waals surface area contributed by atoms with Crippen molar-refractivity contribution in [3.05, 3.63) is 46.9 Å². The van der Waals surface area contributed by atoms with E-state index in [0.29, 0.717) is 22.3 Å². The minimum absolute atomic E-state index is 0.0237. The molecule has 0 atom stereocenters. The lowest BCUT2D eigenvalue weighted by Crippen LogP contribution is -2.36. The molecular formula is C23H24ClN5O. The second-order valence-corrected chi connectivity index (χ2v) is 8.42. The molecule has 2 heterocycles. The van der Waals surface area contributed by atoms with Crippen LogP contribution in [0.25, 0.3) is 22.0 Å². The molecule has 6 nitrogen and oxygen atoms in total. The molecule has 0 bridgehead atoms. The quantitative estimate of drug-likeness (QED) is 0.638. The average molecular weight is 422 g/mol. The third-order valence-electron chi connectivity index (χ3n) is 5.99. The van der Waals surface area contributed by atoms with Gasteiger partial charge >= 0.3 is 0 Å². The van der Waals surface area contributed by atoms with E-state index >= 15 is 0 Å². The van der Waals surface area contributed by atoms with E-state index < -0.39 is 0 Å². The predicted molar refractivity (Wildman–Crippen MR) is 119 cm³/mol. The summed E-state index contributed by atoms with van der Waals surface area (Å²) in [5, 5.41) is 14.0. The molecule has 154 valence electrons. The summed E-state index contributed by atoms with van der Waals surface area (Å²) in [7, 11) is 0. The maximum Gasteiger partial charge on any atom is 0.217 e. The Kier molecular flexibility index (Phi) is 5.40. The van der Waals surface area contributed by atoms with Gasteiger partial charge < -0.3 is 15.6 Å². The SMILES string of the molecule is CC(=O)NC1CCC(n2cc(-c3cncc(N)c3Cl)c3cc(C#N)c(C)cc32)CC1. The molecule has 1 aromatic carbocycles. The number of fused-ring (bicyclic) bond motifs is 1. The lowest BCUT2D eigenvalue weighted by atomic mass is 9.91. The molecule has 1 amide bonds. The zero-order chi connectivity index (χ0) is 21.4. The van der Waals surface area contributed by atoms with Crippen LogP contribution in [-0.2, 0) is 4.79 Å². The number of aryl methyl sites for hydroxylation is 1. The molecule has 0 aliphatic heterocycles. The number of rotatable bonds is 3. The molecule has 1 aliphatic rings. The topological polar surface area (TPSA) is 96.7 Å². The van der Waals surface area contributed by atoms with Gasteiger partial charge in [-0.15, -0.1) is 0 Å². The predicted octanol–water partition coefficient (Wildman–Crippen LogP) is 4.74. The molecule has 0 saturated heterocycles. The molecule has 3 aromatic rings. The number of pyridine rings is 1. The van der Waals surface area contributed by atoms with Crippen LogP contribution in [0.3, 0.4) is 0 Å². The van der Waals surface area contributed by atoms with Crippen LogP contribution in [0.15, 0.2) is 30.7 Å². The van der Waals surface area contributed by atoms with Crippen LogP contribution < -0.4 is 11.1 Å². The molecule has 4 rings (SSSR count). The van der Waals surface area contributed by atoms with Gasteiger partial charge in [0, 0.05) is 53.4 Å². The van der Waals surface area contributed by atoms with Crippen LogP contribution in [0.5, 0.6) is 0 Å². The Hall–Kier alpha value is -3.04. The lowest BCUT2D eigenvalue weighted by molar-refractivity contribution is -0.119. The Morgan fingerprint density at radius 1 is 1.27 bits per heavy atom. The van der Waals surface area contributed by atoms with Gasteiger partial charge in [-0.1, -0.05) is 11.6 Å². The molecule has 1 aliphatic carbocycles. The fourth-order valence-electron chi connectivity index (χ4n) is 4.47. The van der Waals surface area contributed by atoms with Crippen molar-refractivity contribution in [1.82, 2.24) is 14.9 Å². The van der Waals surface area contributed by atoms with Gasteiger partial charge in [0.05, 0.1) is 28.5 Å². The van der Waals surface area contributed by atoms with Gasteiger partial charge in [-0.2, -0.15) is 5.26 Å². The highest BCUT2D eigenvalue weighted by Gasteiger charge is 2.25. The number of nitrogens with two attached hydrogens (primary N) is 1. The first-order chi connectivity index (χ1) is 14.4. The van der Waals surface area contributed by atoms with Crippen LogP contribution in [0.1, 0.15) is 49.8 Å². The van der Waals surface area contributed by atoms with Gasteiger partial charge in [0.15, 0.2) is 0 Å². The third kappa shape index (κ3) is 3.61. The normalized spacial score (nSPS) is 18.9. The van der Waals surface area contributed by atoms with E-state index in [1.165, 1.54) is 0 Å². The number of amides is 1. The van der Waals surface area contributed by atoms with Gasteiger partial charge in [-0.05, 0) is 50.3 Å². The molecular weight excluding hydrogens is 398 g/mol. The number of nitrogens with zero attached hydrogens (tertiary/aromatic N) is 3. The summed E-state index contributed by atoms with van der Waals surface area (Å²) in [5.41, 5.74) is 10.8. The van der Waals surface area contributed by atoms with Crippen molar-refractivity contribution in [3.8, 4) is 17.2 Å². The largest absolute Gasteiger partial charge is 0.396 e. The lowest BCUT2D eigenvalue weighted by Gasteiger charge is -2.30. The van der Waals surface area contributed by atoms with E-state index in [1.807, 2.05) is 13.0 Å². The fraction of sp³-hybridized carbons (Fsp3) is 0.348. The van der Waals surface area contributed by atoms with E-state index in [0.717, 1.165) is 53.3 Å². The summed E-state index contributed by atoms with van der Waals surface area (Å²) in [5.74, 6) is 0.0237. The molecule has 7 heteroatoms. The van der Waals surface area contributed by atoms with Crippen molar-refractivity contribution >= 4 is 34.1 Å². The number of nitrogen functional groups attached to an aromatic ring is 1. The number of carbonyl (C=O) groups is 1. The van der Waals surface area contributed by atoms with Crippen molar-refractivity contribution in [2.75, 3.05) is 5.73 Å². The summed E-state index contributed by atoms with van der Waals surface area (Å²) in [4.78, 5) is 15.6. The average Bonchev–Trinajstić information content (AvgIpc) is 3.07. The molecule has 1 fully saturated rings. The van der Waals surface area contributed by atoms with Crippen molar-refractivity contribution < 1.29 is 4.79 Å². The highest BCUT2D eigenvalue weighted by molar-refractivity contribution is 6.36. The molecule has 0 radical (unpaired) electrons. The first-order valence-corrected chi connectivity index (χ1v) is 10.5. The maximum atomic E-state index is 11.4.